The molecule has 1 aliphatic carbocycles. The van der Waals surface area contributed by atoms with E-state index in [4.69, 9.17) is 4.74 Å². The predicted octanol–water partition coefficient (Wildman–Crippen LogP) is 4.70. The lowest BCUT2D eigenvalue weighted by Crippen LogP contribution is -2.59. The van der Waals surface area contributed by atoms with Crippen molar-refractivity contribution >= 4 is 29.8 Å². The molecule has 0 aromatic heterocycles. The fourth-order valence-corrected chi connectivity index (χ4v) is 6.71. The number of carbonyl (C=O) groups is 5. The van der Waals surface area contributed by atoms with Gasteiger partial charge in [0.25, 0.3) is 0 Å². The number of likely N-dealkylation sites (N-methyl/N-ethyl adjacent to an activating group) is 1. The molecule has 2 aromatic rings. The van der Waals surface area contributed by atoms with Crippen molar-refractivity contribution in [1.29, 1.82) is 0 Å². The lowest BCUT2D eigenvalue weighted by molar-refractivity contribution is -0.146. The summed E-state index contributed by atoms with van der Waals surface area (Å²) in [5.41, 5.74) is 0.734. The number of rotatable bonds is 11. The Kier molecular flexibility index (Phi) is 12.2. The summed E-state index contributed by atoms with van der Waals surface area (Å²) in [6, 6.07) is 14.4. The van der Waals surface area contributed by atoms with Gasteiger partial charge < -0.3 is 25.4 Å². The van der Waals surface area contributed by atoms with Crippen molar-refractivity contribution in [3.63, 3.8) is 0 Å². The van der Waals surface area contributed by atoms with E-state index in [2.05, 4.69) is 10.6 Å². The zero-order valence-electron chi connectivity index (χ0n) is 28.7. The summed E-state index contributed by atoms with van der Waals surface area (Å²) in [5, 5.41) is 16.1. The molecule has 4 atom stereocenters. The first-order valence-electron chi connectivity index (χ1n) is 17.0. The van der Waals surface area contributed by atoms with E-state index in [1.165, 1.54) is 16.8 Å². The molecule has 3 N–H and O–H groups in total. The molecular weight excluding hydrogens is 612 g/mol. The zero-order valence-corrected chi connectivity index (χ0v) is 28.7. The summed E-state index contributed by atoms with van der Waals surface area (Å²) < 4.78 is 5.43. The highest BCUT2D eigenvalue weighted by atomic mass is 16.6. The molecule has 0 spiro atoms. The highest BCUT2D eigenvalue weighted by Crippen LogP contribution is 2.31. The van der Waals surface area contributed by atoms with Crippen molar-refractivity contribution in [2.45, 2.75) is 108 Å². The molecule has 11 heteroatoms. The summed E-state index contributed by atoms with van der Waals surface area (Å²) in [6.45, 7) is 7.11. The van der Waals surface area contributed by atoms with E-state index in [9.17, 15) is 29.1 Å². The molecule has 11 nitrogen and oxygen atoms in total. The van der Waals surface area contributed by atoms with Crippen LogP contribution in [0.5, 0.6) is 0 Å². The van der Waals surface area contributed by atoms with Crippen LogP contribution in [0.1, 0.15) is 89.7 Å². The van der Waals surface area contributed by atoms with Gasteiger partial charge >= 0.3 is 12.1 Å². The second-order valence-electron chi connectivity index (χ2n) is 14.0. The zero-order chi connectivity index (χ0) is 35.0. The largest absolute Gasteiger partial charge is 0.480 e. The minimum absolute atomic E-state index is 0.133. The number of hydrogen-bond acceptors (Lipinski definition) is 6. The third-order valence-electron chi connectivity index (χ3n) is 9.38. The van der Waals surface area contributed by atoms with Gasteiger partial charge in [-0.15, -0.1) is 0 Å². The van der Waals surface area contributed by atoms with E-state index >= 15 is 0 Å². The van der Waals surface area contributed by atoms with Gasteiger partial charge in [-0.05, 0) is 70.4 Å². The lowest BCUT2D eigenvalue weighted by atomic mass is 9.83. The molecule has 2 aliphatic rings. The second-order valence-corrected chi connectivity index (χ2v) is 14.0. The van der Waals surface area contributed by atoms with E-state index in [1.54, 1.807) is 27.7 Å². The molecule has 260 valence electrons. The number of nitrogens with zero attached hydrogens (tertiary/aromatic N) is 2. The first-order valence-corrected chi connectivity index (χ1v) is 17.0. The molecule has 0 bridgehead atoms. The van der Waals surface area contributed by atoms with Crippen LogP contribution in [0.2, 0.25) is 0 Å². The number of carboxylic acids is 1. The van der Waals surface area contributed by atoms with Gasteiger partial charge in [-0.25, -0.2) is 9.59 Å². The Morgan fingerprint density at radius 1 is 0.854 bits per heavy atom. The van der Waals surface area contributed by atoms with E-state index < -0.39 is 59.6 Å². The van der Waals surface area contributed by atoms with Crippen LogP contribution >= 0.6 is 0 Å². The van der Waals surface area contributed by atoms with Crippen LogP contribution < -0.4 is 10.6 Å². The van der Waals surface area contributed by atoms with Crippen molar-refractivity contribution < 1.29 is 33.8 Å². The van der Waals surface area contributed by atoms with E-state index in [0.717, 1.165) is 43.2 Å². The smallest absolute Gasteiger partial charge is 0.410 e. The fraction of sp³-hybridized carbons (Fsp3) is 0.541. The van der Waals surface area contributed by atoms with Crippen molar-refractivity contribution in [3.05, 3.63) is 71.8 Å². The topological polar surface area (TPSA) is 145 Å². The monoisotopic (exact) mass is 662 g/mol. The van der Waals surface area contributed by atoms with Gasteiger partial charge in [0.15, 0.2) is 0 Å². The van der Waals surface area contributed by atoms with Gasteiger partial charge in [-0.2, -0.15) is 0 Å². The molecule has 1 saturated heterocycles. The normalized spacial score (nSPS) is 18.8. The summed E-state index contributed by atoms with van der Waals surface area (Å²) >= 11 is 0. The Labute approximate surface area is 283 Å². The van der Waals surface area contributed by atoms with Crippen LogP contribution in [0.15, 0.2) is 60.7 Å². The minimum atomic E-state index is -1.29. The molecule has 2 fully saturated rings. The number of likely N-dealkylation sites (tertiary alicyclic amines) is 1. The number of carbonyl (C=O) groups excluding carboxylic acids is 4. The van der Waals surface area contributed by atoms with Gasteiger partial charge in [0.2, 0.25) is 17.7 Å². The number of hydrogen-bond donors (Lipinski definition) is 3. The molecule has 4 rings (SSSR count). The summed E-state index contributed by atoms with van der Waals surface area (Å²) in [4.78, 5) is 69.9. The van der Waals surface area contributed by atoms with E-state index in [-0.39, 0.29) is 11.8 Å². The van der Waals surface area contributed by atoms with Crippen LogP contribution in [0.3, 0.4) is 0 Å². The van der Waals surface area contributed by atoms with E-state index in [0.29, 0.717) is 19.4 Å². The molecule has 1 saturated carbocycles. The van der Waals surface area contributed by atoms with Crippen molar-refractivity contribution in [2.75, 3.05) is 13.6 Å². The standard InChI is InChI=1S/C37H50N4O7/c1-24(40(5)36(47)48-37(2,3)4)32(42)38-30(27-20-13-8-14-21-27)34(44)41-23-15-22-28(41)33(43)39-31(35(45)46)29(25-16-9-6-10-17-25)26-18-11-7-12-19-26/h6-7,9-12,16-19,24,27-31H,8,13-15,20-23H2,1-5H3,(H,38,42)(H,39,43)(H,45,46)/t24-,28-,30?,31-/m0/s1. The van der Waals surface area contributed by atoms with Gasteiger partial charge in [-0.3, -0.25) is 19.3 Å². The molecule has 2 aromatic carbocycles. The second kappa shape index (κ2) is 16.1. The van der Waals surface area contributed by atoms with Gasteiger partial charge in [0.1, 0.15) is 29.8 Å². The Morgan fingerprint density at radius 2 is 1.42 bits per heavy atom. The number of amides is 4. The molecule has 1 unspecified atom stereocenters. The lowest BCUT2D eigenvalue weighted by Gasteiger charge is -2.36. The van der Waals surface area contributed by atoms with Crippen LogP contribution in [-0.2, 0) is 23.9 Å². The Balaban J connectivity index is 1.55. The molecule has 0 radical (unpaired) electrons. The van der Waals surface area contributed by atoms with Crippen molar-refractivity contribution in [3.8, 4) is 0 Å². The van der Waals surface area contributed by atoms with Crippen LogP contribution in [-0.4, -0.2) is 88.1 Å². The number of aliphatic carboxylic acids is 1. The molecule has 48 heavy (non-hydrogen) atoms. The summed E-state index contributed by atoms with van der Waals surface area (Å²) in [5.74, 6) is -3.39. The molecule has 4 amide bonds. The minimum Gasteiger partial charge on any atom is -0.480 e. The van der Waals surface area contributed by atoms with Gasteiger partial charge in [0.05, 0.1) is 0 Å². The highest BCUT2D eigenvalue weighted by molar-refractivity contribution is 5.95. The van der Waals surface area contributed by atoms with Crippen LogP contribution in [0, 0.1) is 5.92 Å². The van der Waals surface area contributed by atoms with Crippen LogP contribution in [0.4, 0.5) is 4.79 Å². The number of nitrogens with one attached hydrogen (secondary N) is 2. The van der Waals surface area contributed by atoms with Crippen LogP contribution in [0.25, 0.3) is 0 Å². The SMILES string of the molecule is C[C@@H](C(=O)NC(C(=O)N1CCC[C@H]1C(=O)N[C@H](C(=O)O)C(c1ccccc1)c1ccccc1)C1CCCCC1)N(C)C(=O)OC(C)(C)C. The Morgan fingerprint density at radius 3 is 1.94 bits per heavy atom. The molecule has 1 aliphatic heterocycles. The maximum absolute atomic E-state index is 14.3. The first-order chi connectivity index (χ1) is 22.8. The van der Waals surface area contributed by atoms with Gasteiger partial charge in [-0.1, -0.05) is 79.9 Å². The first kappa shape index (κ1) is 36.4. The Bertz CT molecular complexity index is 1380. The molecular formula is C37H50N4O7. The van der Waals surface area contributed by atoms with Crippen molar-refractivity contribution in [1.82, 2.24) is 20.4 Å². The summed E-state index contributed by atoms with van der Waals surface area (Å²) in [7, 11) is 1.48. The highest BCUT2D eigenvalue weighted by Gasteiger charge is 2.43. The van der Waals surface area contributed by atoms with Gasteiger partial charge in [0, 0.05) is 19.5 Å². The average Bonchev–Trinajstić information content (AvgIpc) is 3.57. The predicted molar refractivity (Wildman–Crippen MR) is 181 cm³/mol. The third-order valence-corrected chi connectivity index (χ3v) is 9.38. The Hall–Kier alpha value is -4.41. The number of benzene rings is 2. The maximum Gasteiger partial charge on any atom is 0.410 e. The fourth-order valence-electron chi connectivity index (χ4n) is 6.71. The summed E-state index contributed by atoms with van der Waals surface area (Å²) in [6.07, 6.45) is 4.64. The maximum atomic E-state index is 14.3. The third kappa shape index (κ3) is 9.14. The quantitative estimate of drug-likeness (QED) is 0.316. The van der Waals surface area contributed by atoms with Crippen molar-refractivity contribution in [2.24, 2.45) is 5.92 Å². The number of ether oxygens (including phenoxy) is 1. The van der Waals surface area contributed by atoms with E-state index in [1.807, 2.05) is 60.7 Å². The average molecular weight is 663 g/mol. The molecule has 1 heterocycles. The number of carboxylic acid groups (broad SMARTS) is 1.